The standard InChI is InChI=1S/C19H19N3O2/c1-2-3-12-21-18(23)15-6-8-16(9-7-15)19(24)22-17-10-4-14(13-20)5-11-17/h4-11H,2-3,12H2,1H3,(H,21,23)(H,22,24). The molecular formula is C19H19N3O2. The van der Waals surface area contributed by atoms with E-state index in [1.165, 1.54) is 0 Å². The fraction of sp³-hybridized carbons (Fsp3) is 0.211. The molecule has 0 aliphatic carbocycles. The van der Waals surface area contributed by atoms with Gasteiger partial charge in [0.15, 0.2) is 0 Å². The minimum atomic E-state index is -0.266. The second-order valence-electron chi connectivity index (χ2n) is 5.33. The van der Waals surface area contributed by atoms with Gasteiger partial charge in [-0.05, 0) is 55.0 Å². The summed E-state index contributed by atoms with van der Waals surface area (Å²) >= 11 is 0. The SMILES string of the molecule is CCCCNC(=O)c1ccc(C(=O)Nc2ccc(C#N)cc2)cc1. The first-order valence-electron chi connectivity index (χ1n) is 7.84. The van der Waals surface area contributed by atoms with Crippen molar-refractivity contribution in [3.05, 3.63) is 65.2 Å². The largest absolute Gasteiger partial charge is 0.352 e. The molecule has 0 aliphatic rings. The molecule has 2 aromatic carbocycles. The summed E-state index contributed by atoms with van der Waals surface area (Å²) in [4.78, 5) is 24.1. The van der Waals surface area contributed by atoms with Gasteiger partial charge in [0.1, 0.15) is 0 Å². The summed E-state index contributed by atoms with van der Waals surface area (Å²) in [5.41, 5.74) is 2.14. The fourth-order valence-electron chi connectivity index (χ4n) is 2.09. The molecule has 0 unspecified atom stereocenters. The molecule has 2 rings (SSSR count). The normalized spacial score (nSPS) is 9.83. The summed E-state index contributed by atoms with van der Waals surface area (Å²) in [6.45, 7) is 2.71. The Balaban J connectivity index is 1.97. The Kier molecular flexibility index (Phi) is 6.09. The molecule has 0 radical (unpaired) electrons. The summed E-state index contributed by atoms with van der Waals surface area (Å²) in [6, 6.07) is 15.2. The highest BCUT2D eigenvalue weighted by atomic mass is 16.2. The molecule has 2 amide bonds. The van der Waals surface area contributed by atoms with Crippen molar-refractivity contribution in [3.8, 4) is 6.07 Å². The van der Waals surface area contributed by atoms with Crippen molar-refractivity contribution >= 4 is 17.5 Å². The number of anilines is 1. The Morgan fingerprint density at radius 1 is 0.958 bits per heavy atom. The average Bonchev–Trinajstić information content (AvgIpc) is 2.62. The van der Waals surface area contributed by atoms with Crippen molar-refractivity contribution in [2.75, 3.05) is 11.9 Å². The minimum absolute atomic E-state index is 0.137. The molecule has 0 bridgehead atoms. The predicted octanol–water partition coefficient (Wildman–Crippen LogP) is 3.34. The van der Waals surface area contributed by atoms with Gasteiger partial charge < -0.3 is 10.6 Å². The number of unbranched alkanes of at least 4 members (excludes halogenated alkanes) is 1. The van der Waals surface area contributed by atoms with Crippen LogP contribution >= 0.6 is 0 Å². The number of amides is 2. The van der Waals surface area contributed by atoms with E-state index < -0.39 is 0 Å². The summed E-state index contributed by atoms with van der Waals surface area (Å²) in [7, 11) is 0. The van der Waals surface area contributed by atoms with Crippen molar-refractivity contribution in [2.45, 2.75) is 19.8 Å². The molecule has 0 atom stereocenters. The van der Waals surface area contributed by atoms with Gasteiger partial charge >= 0.3 is 0 Å². The molecule has 24 heavy (non-hydrogen) atoms. The van der Waals surface area contributed by atoms with Crippen LogP contribution in [-0.2, 0) is 0 Å². The highest BCUT2D eigenvalue weighted by molar-refractivity contribution is 6.05. The van der Waals surface area contributed by atoms with Crippen LogP contribution in [0.5, 0.6) is 0 Å². The van der Waals surface area contributed by atoms with Gasteiger partial charge in [0.2, 0.25) is 0 Å². The molecular weight excluding hydrogens is 302 g/mol. The van der Waals surface area contributed by atoms with Gasteiger partial charge in [-0.2, -0.15) is 5.26 Å². The first-order chi connectivity index (χ1) is 11.6. The van der Waals surface area contributed by atoms with Crippen molar-refractivity contribution in [2.24, 2.45) is 0 Å². The Labute approximate surface area is 141 Å². The molecule has 122 valence electrons. The zero-order valence-corrected chi connectivity index (χ0v) is 13.5. The van der Waals surface area contributed by atoms with Crippen LogP contribution in [0.15, 0.2) is 48.5 Å². The van der Waals surface area contributed by atoms with Crippen LogP contribution in [0.4, 0.5) is 5.69 Å². The van der Waals surface area contributed by atoms with Crippen LogP contribution in [0, 0.1) is 11.3 Å². The number of hydrogen-bond acceptors (Lipinski definition) is 3. The number of nitriles is 1. The Bertz CT molecular complexity index is 744. The molecule has 2 aromatic rings. The maximum atomic E-state index is 12.2. The van der Waals surface area contributed by atoms with Crippen LogP contribution < -0.4 is 10.6 Å². The lowest BCUT2D eigenvalue weighted by atomic mass is 10.1. The number of hydrogen-bond donors (Lipinski definition) is 2. The van der Waals surface area contributed by atoms with Crippen LogP contribution in [0.25, 0.3) is 0 Å². The number of nitrogens with one attached hydrogen (secondary N) is 2. The molecule has 2 N–H and O–H groups in total. The second kappa shape index (κ2) is 8.49. The third-order valence-corrected chi connectivity index (χ3v) is 3.50. The fourth-order valence-corrected chi connectivity index (χ4v) is 2.09. The average molecular weight is 321 g/mol. The molecule has 5 heteroatoms. The molecule has 0 saturated heterocycles. The molecule has 5 nitrogen and oxygen atoms in total. The first kappa shape index (κ1) is 17.2. The van der Waals surface area contributed by atoms with E-state index in [0.29, 0.717) is 28.9 Å². The van der Waals surface area contributed by atoms with Gasteiger partial charge in [-0.15, -0.1) is 0 Å². The lowest BCUT2D eigenvalue weighted by molar-refractivity contribution is 0.0951. The van der Waals surface area contributed by atoms with Crippen LogP contribution in [0.3, 0.4) is 0 Å². The molecule has 0 spiro atoms. The van der Waals surface area contributed by atoms with Gasteiger partial charge in [0.25, 0.3) is 11.8 Å². The Morgan fingerprint density at radius 3 is 2.08 bits per heavy atom. The number of benzene rings is 2. The topological polar surface area (TPSA) is 82.0 Å². The zero-order valence-electron chi connectivity index (χ0n) is 13.5. The zero-order chi connectivity index (χ0) is 17.4. The third-order valence-electron chi connectivity index (χ3n) is 3.50. The minimum Gasteiger partial charge on any atom is -0.352 e. The summed E-state index contributed by atoms with van der Waals surface area (Å²) in [5.74, 6) is -0.403. The van der Waals surface area contributed by atoms with Gasteiger partial charge in [-0.3, -0.25) is 9.59 Å². The predicted molar refractivity (Wildman–Crippen MR) is 92.8 cm³/mol. The molecule has 0 aliphatic heterocycles. The molecule has 0 saturated carbocycles. The molecule has 0 aromatic heterocycles. The van der Waals surface area contributed by atoms with E-state index in [1.54, 1.807) is 48.5 Å². The van der Waals surface area contributed by atoms with E-state index in [9.17, 15) is 9.59 Å². The molecule has 0 fully saturated rings. The van der Waals surface area contributed by atoms with Crippen LogP contribution in [-0.4, -0.2) is 18.4 Å². The van der Waals surface area contributed by atoms with E-state index in [1.807, 2.05) is 6.07 Å². The first-order valence-corrected chi connectivity index (χ1v) is 7.84. The number of carbonyl (C=O) groups excluding carboxylic acids is 2. The van der Waals surface area contributed by atoms with Gasteiger partial charge in [-0.25, -0.2) is 0 Å². The number of carbonyl (C=O) groups is 2. The lowest BCUT2D eigenvalue weighted by Crippen LogP contribution is -2.24. The van der Waals surface area contributed by atoms with Gasteiger partial charge in [-0.1, -0.05) is 13.3 Å². The Morgan fingerprint density at radius 2 is 1.54 bits per heavy atom. The van der Waals surface area contributed by atoms with Crippen molar-refractivity contribution in [1.82, 2.24) is 5.32 Å². The summed E-state index contributed by atoms with van der Waals surface area (Å²) < 4.78 is 0. The van der Waals surface area contributed by atoms with E-state index in [4.69, 9.17) is 5.26 Å². The van der Waals surface area contributed by atoms with E-state index in [-0.39, 0.29) is 11.8 Å². The monoisotopic (exact) mass is 321 g/mol. The van der Waals surface area contributed by atoms with E-state index in [2.05, 4.69) is 17.6 Å². The van der Waals surface area contributed by atoms with E-state index >= 15 is 0 Å². The van der Waals surface area contributed by atoms with Crippen LogP contribution in [0.1, 0.15) is 46.0 Å². The number of rotatable bonds is 6. The Hall–Kier alpha value is -3.13. The highest BCUT2D eigenvalue weighted by Crippen LogP contribution is 2.12. The van der Waals surface area contributed by atoms with Gasteiger partial charge in [0, 0.05) is 23.4 Å². The van der Waals surface area contributed by atoms with Gasteiger partial charge in [0.05, 0.1) is 11.6 Å². The van der Waals surface area contributed by atoms with Crippen LogP contribution in [0.2, 0.25) is 0 Å². The maximum absolute atomic E-state index is 12.2. The number of nitrogens with zero attached hydrogens (tertiary/aromatic N) is 1. The lowest BCUT2D eigenvalue weighted by Gasteiger charge is -2.07. The second-order valence-corrected chi connectivity index (χ2v) is 5.33. The van der Waals surface area contributed by atoms with E-state index in [0.717, 1.165) is 12.8 Å². The third kappa shape index (κ3) is 4.68. The smallest absolute Gasteiger partial charge is 0.255 e. The summed E-state index contributed by atoms with van der Waals surface area (Å²) in [5, 5.41) is 14.3. The van der Waals surface area contributed by atoms with Crippen molar-refractivity contribution in [3.63, 3.8) is 0 Å². The van der Waals surface area contributed by atoms with Crippen molar-refractivity contribution < 1.29 is 9.59 Å². The maximum Gasteiger partial charge on any atom is 0.255 e. The molecule has 0 heterocycles. The van der Waals surface area contributed by atoms with Crippen molar-refractivity contribution in [1.29, 1.82) is 5.26 Å². The summed E-state index contributed by atoms with van der Waals surface area (Å²) in [6.07, 6.45) is 1.96. The quantitative estimate of drug-likeness (QED) is 0.801. The highest BCUT2D eigenvalue weighted by Gasteiger charge is 2.09.